The molecule has 1 aromatic heterocycles. The number of nitriles is 1. The lowest BCUT2D eigenvalue weighted by Gasteiger charge is -2.08. The number of benzene rings is 2. The molecule has 3 aromatic rings. The average Bonchev–Trinajstić information content (AvgIpc) is 2.65. The zero-order valence-corrected chi connectivity index (χ0v) is 14.1. The Morgan fingerprint density at radius 1 is 1.12 bits per heavy atom. The monoisotopic (exact) mass is 366 g/mol. The van der Waals surface area contributed by atoms with Gasteiger partial charge in [0.2, 0.25) is 0 Å². The fraction of sp³-hybridized carbons (Fsp3) is 0. The third kappa shape index (κ3) is 4.15. The van der Waals surface area contributed by atoms with Gasteiger partial charge in [-0.3, -0.25) is 4.79 Å². The number of anilines is 3. The van der Waals surface area contributed by atoms with E-state index >= 15 is 0 Å². The number of rotatable bonds is 4. The molecule has 0 radical (unpaired) electrons. The Balaban J connectivity index is 1.69. The van der Waals surface area contributed by atoms with Crippen LogP contribution in [-0.2, 0) is 0 Å². The molecule has 2 aromatic carbocycles. The molecule has 0 spiro atoms. The van der Waals surface area contributed by atoms with Gasteiger partial charge in [0.15, 0.2) is 0 Å². The summed E-state index contributed by atoms with van der Waals surface area (Å²) < 4.78 is 13.2. The molecular formula is C19H12ClFN4O. The Hall–Kier alpha value is -3.43. The van der Waals surface area contributed by atoms with Gasteiger partial charge in [-0.25, -0.2) is 9.37 Å². The first-order valence-electron chi connectivity index (χ1n) is 7.55. The van der Waals surface area contributed by atoms with Gasteiger partial charge in [-0.15, -0.1) is 0 Å². The third-order valence-corrected chi connectivity index (χ3v) is 3.76. The number of hydrogen-bond donors (Lipinski definition) is 2. The minimum absolute atomic E-state index is 0.0694. The van der Waals surface area contributed by atoms with Crippen LogP contribution in [0.3, 0.4) is 0 Å². The summed E-state index contributed by atoms with van der Waals surface area (Å²) >= 11 is 5.70. The molecular weight excluding hydrogens is 355 g/mol. The maximum Gasteiger partial charge on any atom is 0.257 e. The van der Waals surface area contributed by atoms with Crippen LogP contribution in [-0.4, -0.2) is 10.9 Å². The normalized spacial score (nSPS) is 10.0. The Morgan fingerprint density at radius 3 is 2.65 bits per heavy atom. The minimum Gasteiger partial charge on any atom is -0.340 e. The zero-order chi connectivity index (χ0) is 18.5. The molecule has 0 unspecified atom stereocenters. The van der Waals surface area contributed by atoms with Crippen LogP contribution in [0.4, 0.5) is 21.6 Å². The highest BCUT2D eigenvalue weighted by molar-refractivity contribution is 6.31. The van der Waals surface area contributed by atoms with Crippen LogP contribution in [0.2, 0.25) is 5.02 Å². The zero-order valence-electron chi connectivity index (χ0n) is 13.3. The second-order valence-electron chi connectivity index (χ2n) is 5.33. The predicted octanol–water partition coefficient (Wildman–Crippen LogP) is 4.74. The van der Waals surface area contributed by atoms with Crippen molar-refractivity contribution in [3.8, 4) is 6.07 Å². The number of halogens is 2. The molecule has 0 saturated heterocycles. The summed E-state index contributed by atoms with van der Waals surface area (Å²) in [6, 6.07) is 16.2. The molecule has 1 heterocycles. The van der Waals surface area contributed by atoms with Crippen molar-refractivity contribution >= 4 is 34.7 Å². The number of nitrogens with zero attached hydrogens (tertiary/aromatic N) is 2. The molecule has 2 N–H and O–H groups in total. The second-order valence-corrected chi connectivity index (χ2v) is 5.74. The molecule has 3 rings (SSSR count). The van der Waals surface area contributed by atoms with E-state index in [1.807, 2.05) is 0 Å². The van der Waals surface area contributed by atoms with Gasteiger partial charge in [0, 0.05) is 17.6 Å². The van der Waals surface area contributed by atoms with Gasteiger partial charge in [-0.05, 0) is 48.5 Å². The first-order chi connectivity index (χ1) is 12.5. The highest BCUT2D eigenvalue weighted by atomic mass is 35.5. The standard InChI is InChI=1S/C19H12ClFN4O/c20-16-9-15(5-6-17(16)21)25-19(26)13-4-7-18(23-11-13)24-14-3-1-2-12(8-14)10-22/h1-9,11H,(H,23,24)(H,25,26). The van der Waals surface area contributed by atoms with Crippen molar-refractivity contribution in [3.05, 3.63) is 82.8 Å². The van der Waals surface area contributed by atoms with Gasteiger partial charge >= 0.3 is 0 Å². The van der Waals surface area contributed by atoms with E-state index in [-0.39, 0.29) is 5.02 Å². The summed E-state index contributed by atoms with van der Waals surface area (Å²) in [4.78, 5) is 16.4. The summed E-state index contributed by atoms with van der Waals surface area (Å²) in [6.45, 7) is 0. The summed E-state index contributed by atoms with van der Waals surface area (Å²) in [5.74, 6) is -0.415. The smallest absolute Gasteiger partial charge is 0.257 e. The number of carbonyl (C=O) groups excluding carboxylic acids is 1. The van der Waals surface area contributed by atoms with Crippen molar-refractivity contribution in [2.45, 2.75) is 0 Å². The lowest BCUT2D eigenvalue weighted by atomic mass is 10.2. The van der Waals surface area contributed by atoms with E-state index in [1.165, 1.54) is 24.4 Å². The highest BCUT2D eigenvalue weighted by Gasteiger charge is 2.09. The Labute approximate surface area is 154 Å². The van der Waals surface area contributed by atoms with Gasteiger partial charge in [0.25, 0.3) is 5.91 Å². The fourth-order valence-electron chi connectivity index (χ4n) is 2.19. The van der Waals surface area contributed by atoms with Crippen LogP contribution < -0.4 is 10.6 Å². The van der Waals surface area contributed by atoms with Crippen LogP contribution in [0.5, 0.6) is 0 Å². The van der Waals surface area contributed by atoms with Gasteiger partial charge in [0.05, 0.1) is 22.2 Å². The van der Waals surface area contributed by atoms with Crippen molar-refractivity contribution in [1.82, 2.24) is 4.98 Å². The van der Waals surface area contributed by atoms with Crippen molar-refractivity contribution in [1.29, 1.82) is 5.26 Å². The molecule has 1 amide bonds. The molecule has 26 heavy (non-hydrogen) atoms. The first kappa shape index (κ1) is 17.4. The van der Waals surface area contributed by atoms with Crippen LogP contribution in [0.15, 0.2) is 60.8 Å². The van der Waals surface area contributed by atoms with Gasteiger partial charge in [-0.1, -0.05) is 17.7 Å². The van der Waals surface area contributed by atoms with Crippen molar-refractivity contribution in [2.24, 2.45) is 0 Å². The van der Waals surface area contributed by atoms with Gasteiger partial charge < -0.3 is 10.6 Å². The Morgan fingerprint density at radius 2 is 1.96 bits per heavy atom. The van der Waals surface area contributed by atoms with E-state index in [2.05, 4.69) is 21.7 Å². The van der Waals surface area contributed by atoms with Crippen molar-refractivity contribution in [3.63, 3.8) is 0 Å². The molecule has 0 aliphatic carbocycles. The van der Waals surface area contributed by atoms with Crippen molar-refractivity contribution < 1.29 is 9.18 Å². The number of aromatic nitrogens is 1. The quantitative estimate of drug-likeness (QED) is 0.699. The van der Waals surface area contributed by atoms with Crippen LogP contribution in [0, 0.1) is 17.1 Å². The summed E-state index contributed by atoms with van der Waals surface area (Å²) in [5, 5.41) is 14.5. The van der Waals surface area contributed by atoms with Crippen molar-refractivity contribution in [2.75, 3.05) is 10.6 Å². The predicted molar refractivity (Wildman–Crippen MR) is 98.0 cm³/mol. The largest absolute Gasteiger partial charge is 0.340 e. The van der Waals surface area contributed by atoms with E-state index in [4.69, 9.17) is 16.9 Å². The van der Waals surface area contributed by atoms with E-state index in [1.54, 1.807) is 36.4 Å². The first-order valence-corrected chi connectivity index (χ1v) is 7.92. The molecule has 0 aliphatic rings. The lowest BCUT2D eigenvalue weighted by molar-refractivity contribution is 0.102. The van der Waals surface area contributed by atoms with Crippen LogP contribution >= 0.6 is 11.6 Å². The molecule has 0 saturated carbocycles. The van der Waals surface area contributed by atoms with Gasteiger partial charge in [-0.2, -0.15) is 5.26 Å². The number of pyridine rings is 1. The summed E-state index contributed by atoms with van der Waals surface area (Å²) in [7, 11) is 0. The van der Waals surface area contributed by atoms with Crippen LogP contribution in [0.1, 0.15) is 15.9 Å². The molecule has 0 atom stereocenters. The maximum absolute atomic E-state index is 13.2. The molecule has 0 fully saturated rings. The average molecular weight is 367 g/mol. The summed E-state index contributed by atoms with van der Waals surface area (Å²) in [6.07, 6.45) is 1.41. The number of nitrogens with one attached hydrogen (secondary N) is 2. The minimum atomic E-state index is -0.553. The fourth-order valence-corrected chi connectivity index (χ4v) is 2.37. The maximum atomic E-state index is 13.2. The van der Waals surface area contributed by atoms with Gasteiger partial charge in [0.1, 0.15) is 11.6 Å². The topological polar surface area (TPSA) is 77.8 Å². The number of hydrogen-bond acceptors (Lipinski definition) is 4. The molecule has 7 heteroatoms. The molecule has 0 aliphatic heterocycles. The van der Waals surface area contributed by atoms with Crippen LogP contribution in [0.25, 0.3) is 0 Å². The molecule has 128 valence electrons. The summed E-state index contributed by atoms with van der Waals surface area (Å²) in [5.41, 5.74) is 1.97. The van der Waals surface area contributed by atoms with E-state index in [9.17, 15) is 9.18 Å². The second kappa shape index (κ2) is 7.64. The van der Waals surface area contributed by atoms with E-state index in [0.717, 1.165) is 5.69 Å². The Bertz CT molecular complexity index is 999. The SMILES string of the molecule is N#Cc1cccc(Nc2ccc(C(=O)Nc3ccc(F)c(Cl)c3)cn2)c1. The third-order valence-electron chi connectivity index (χ3n) is 3.47. The number of amides is 1. The number of carbonyl (C=O) groups is 1. The Kier molecular flexibility index (Phi) is 5.11. The lowest BCUT2D eigenvalue weighted by Crippen LogP contribution is -2.12. The van der Waals surface area contributed by atoms with E-state index < -0.39 is 11.7 Å². The van der Waals surface area contributed by atoms with E-state index in [0.29, 0.717) is 22.6 Å². The molecule has 5 nitrogen and oxygen atoms in total. The molecule has 0 bridgehead atoms. The highest BCUT2D eigenvalue weighted by Crippen LogP contribution is 2.20.